The van der Waals surface area contributed by atoms with Gasteiger partial charge in [-0.3, -0.25) is 9.69 Å². The molecule has 0 radical (unpaired) electrons. The van der Waals surface area contributed by atoms with E-state index < -0.39 is 29.3 Å². The highest BCUT2D eigenvalue weighted by atomic mass is 35.5. The summed E-state index contributed by atoms with van der Waals surface area (Å²) in [5, 5.41) is 18.8. The van der Waals surface area contributed by atoms with Crippen LogP contribution in [-0.2, 0) is 10.3 Å². The predicted octanol–water partition coefficient (Wildman–Crippen LogP) is 7.15. The van der Waals surface area contributed by atoms with Crippen molar-refractivity contribution in [2.75, 3.05) is 11.9 Å². The lowest BCUT2D eigenvalue weighted by Gasteiger charge is -2.44. The predicted molar refractivity (Wildman–Crippen MR) is 164 cm³/mol. The van der Waals surface area contributed by atoms with E-state index in [0.29, 0.717) is 33.1 Å². The lowest BCUT2D eigenvalue weighted by Crippen LogP contribution is -2.57. The zero-order chi connectivity index (χ0) is 30.3. The number of carboxylic acid groups (broad SMARTS) is 1. The van der Waals surface area contributed by atoms with Crippen LogP contribution >= 0.6 is 23.2 Å². The van der Waals surface area contributed by atoms with Crippen molar-refractivity contribution in [1.29, 1.82) is 0 Å². The molecule has 1 saturated heterocycles. The van der Waals surface area contributed by atoms with Gasteiger partial charge in [0.2, 0.25) is 11.8 Å². The fourth-order valence-corrected chi connectivity index (χ4v) is 8.74. The summed E-state index contributed by atoms with van der Waals surface area (Å²) in [5.41, 5.74) is 0.902. The Balaban J connectivity index is 1.44. The molecule has 0 bridgehead atoms. The average Bonchev–Trinajstić information content (AvgIpc) is 3.51. The van der Waals surface area contributed by atoms with Gasteiger partial charge in [-0.15, -0.1) is 0 Å². The highest BCUT2D eigenvalue weighted by Crippen LogP contribution is 2.64. The second-order valence-corrected chi connectivity index (χ2v) is 13.1. The summed E-state index contributed by atoms with van der Waals surface area (Å²) in [6, 6.07) is 14.2. The number of nitrogens with zero attached hydrogens (tertiary/aromatic N) is 3. The van der Waals surface area contributed by atoms with Gasteiger partial charge in [0.25, 0.3) is 0 Å². The standard InChI is InChI=1S/C33H29Cl2FN4O4/c34-18-11-13-22-25(15-18)37-32(43)33(22)27(21-8-5-9-23(35)28(21)36)29-26(39(33)19-6-3-1-2-4-7-19)16-44-30-20-12-10-17(31(41)42)14-24(20)38-40(29)30/h5,8-15,19,26-27,29H,1-4,6-7,16H2,(H,37,43)(H,41,42)/t26-,27-,29+,33+/m0/s1. The number of halogens is 3. The number of anilines is 1. The Labute approximate surface area is 262 Å². The number of hydrogen-bond donors (Lipinski definition) is 2. The first-order chi connectivity index (χ1) is 21.3. The van der Waals surface area contributed by atoms with Crippen molar-refractivity contribution in [1.82, 2.24) is 14.7 Å². The molecule has 1 aromatic heterocycles. The third-order valence-corrected chi connectivity index (χ3v) is 10.6. The van der Waals surface area contributed by atoms with Crippen molar-refractivity contribution in [3.05, 3.63) is 87.2 Å². The largest absolute Gasteiger partial charge is 0.478 e. The number of aromatic nitrogens is 2. The maximum atomic E-state index is 16.3. The molecule has 4 aromatic rings. The first-order valence-corrected chi connectivity index (χ1v) is 15.8. The Morgan fingerprint density at radius 1 is 1.07 bits per heavy atom. The van der Waals surface area contributed by atoms with E-state index in [1.165, 1.54) is 18.2 Å². The van der Waals surface area contributed by atoms with Gasteiger partial charge in [-0.2, -0.15) is 5.10 Å². The summed E-state index contributed by atoms with van der Waals surface area (Å²) in [5.74, 6) is -2.17. The number of hydrogen-bond acceptors (Lipinski definition) is 5. The number of aromatic carboxylic acids is 1. The van der Waals surface area contributed by atoms with Crippen molar-refractivity contribution < 1.29 is 23.8 Å². The quantitative estimate of drug-likeness (QED) is 0.232. The van der Waals surface area contributed by atoms with Crippen LogP contribution < -0.4 is 10.1 Å². The molecule has 3 aliphatic heterocycles. The Kier molecular flexibility index (Phi) is 6.45. The van der Waals surface area contributed by atoms with Gasteiger partial charge >= 0.3 is 5.97 Å². The topological polar surface area (TPSA) is 96.7 Å². The maximum absolute atomic E-state index is 16.3. The summed E-state index contributed by atoms with van der Waals surface area (Å²) in [6.07, 6.45) is 6.07. The zero-order valence-electron chi connectivity index (χ0n) is 23.6. The number of benzene rings is 3. The molecule has 2 fully saturated rings. The number of likely N-dealkylation sites (tertiary alicyclic amines) is 1. The summed E-state index contributed by atoms with van der Waals surface area (Å²) < 4.78 is 24.6. The number of carbonyl (C=O) groups is 2. The van der Waals surface area contributed by atoms with Gasteiger partial charge < -0.3 is 15.2 Å². The second-order valence-electron chi connectivity index (χ2n) is 12.2. The smallest absolute Gasteiger partial charge is 0.335 e. The van der Waals surface area contributed by atoms with Crippen LogP contribution in [0.1, 0.15) is 72.0 Å². The lowest BCUT2D eigenvalue weighted by atomic mass is 9.73. The van der Waals surface area contributed by atoms with Crippen molar-refractivity contribution >= 4 is 51.7 Å². The van der Waals surface area contributed by atoms with E-state index >= 15 is 4.39 Å². The normalized spacial score (nSPS) is 26.6. The molecule has 4 atom stereocenters. The van der Waals surface area contributed by atoms with Crippen LogP contribution in [0.4, 0.5) is 10.1 Å². The number of carboxylic acids is 1. The van der Waals surface area contributed by atoms with Gasteiger partial charge in [0.15, 0.2) is 0 Å². The Morgan fingerprint density at radius 3 is 2.64 bits per heavy atom. The van der Waals surface area contributed by atoms with Crippen LogP contribution in [0.15, 0.2) is 54.6 Å². The summed E-state index contributed by atoms with van der Waals surface area (Å²) >= 11 is 12.9. The number of fused-ring (bicyclic) bond motifs is 7. The van der Waals surface area contributed by atoms with Crippen LogP contribution in [-0.4, -0.2) is 50.4 Å². The van der Waals surface area contributed by atoms with Gasteiger partial charge in [0.05, 0.1) is 33.6 Å². The van der Waals surface area contributed by atoms with Crippen molar-refractivity contribution in [3.8, 4) is 5.88 Å². The molecule has 1 spiro atoms. The molecule has 44 heavy (non-hydrogen) atoms. The van der Waals surface area contributed by atoms with E-state index in [1.807, 2.05) is 6.07 Å². The average molecular weight is 636 g/mol. The Hall–Kier alpha value is -3.66. The van der Waals surface area contributed by atoms with E-state index in [4.69, 9.17) is 33.0 Å². The highest BCUT2D eigenvalue weighted by molar-refractivity contribution is 6.31. The SMILES string of the molecule is O=C(O)c1ccc2c3n(nc2c1)[C@@H]1[C@H](CO3)N(C2CCCCCC2)[C@@]2(C(=O)Nc3cc(Cl)ccc32)[C@H]1c1cccc(Cl)c1F. The minimum atomic E-state index is -1.31. The molecule has 8 nitrogen and oxygen atoms in total. The minimum absolute atomic E-state index is 0.0263. The number of nitrogens with one attached hydrogen (secondary N) is 1. The van der Waals surface area contributed by atoms with Crippen LogP contribution in [0.2, 0.25) is 10.0 Å². The van der Waals surface area contributed by atoms with E-state index in [-0.39, 0.29) is 35.2 Å². The molecule has 1 aliphatic carbocycles. The first-order valence-electron chi connectivity index (χ1n) is 15.0. The Bertz CT molecular complexity index is 1860. The first kappa shape index (κ1) is 27.9. The molecule has 0 unspecified atom stereocenters. The van der Waals surface area contributed by atoms with E-state index in [1.54, 1.807) is 35.0 Å². The molecular weight excluding hydrogens is 606 g/mol. The van der Waals surface area contributed by atoms with Gasteiger partial charge in [-0.1, -0.05) is 67.1 Å². The van der Waals surface area contributed by atoms with Crippen molar-refractivity contribution in [2.24, 2.45) is 0 Å². The van der Waals surface area contributed by atoms with E-state index in [0.717, 1.165) is 44.1 Å². The van der Waals surface area contributed by atoms with Crippen LogP contribution in [0, 0.1) is 5.82 Å². The van der Waals surface area contributed by atoms with Crippen LogP contribution in [0.25, 0.3) is 10.9 Å². The molecule has 2 N–H and O–H groups in total. The van der Waals surface area contributed by atoms with Gasteiger partial charge in [-0.25, -0.2) is 13.9 Å². The number of amides is 1. The molecule has 1 saturated carbocycles. The summed E-state index contributed by atoms with van der Waals surface area (Å²) in [7, 11) is 0. The third kappa shape index (κ3) is 3.82. The second kappa shape index (κ2) is 10.2. The molecule has 4 heterocycles. The molecular formula is C33H29Cl2FN4O4. The minimum Gasteiger partial charge on any atom is -0.478 e. The molecule has 1 amide bonds. The van der Waals surface area contributed by atoms with E-state index in [2.05, 4.69) is 10.2 Å². The molecule has 8 rings (SSSR count). The fourth-order valence-electron chi connectivity index (χ4n) is 8.38. The van der Waals surface area contributed by atoms with Gasteiger partial charge in [0.1, 0.15) is 18.0 Å². The highest BCUT2D eigenvalue weighted by Gasteiger charge is 2.70. The van der Waals surface area contributed by atoms with E-state index in [9.17, 15) is 14.7 Å². The Morgan fingerprint density at radius 2 is 1.86 bits per heavy atom. The monoisotopic (exact) mass is 634 g/mol. The van der Waals surface area contributed by atoms with Crippen LogP contribution in [0.3, 0.4) is 0 Å². The molecule has 3 aromatic carbocycles. The maximum Gasteiger partial charge on any atom is 0.335 e. The number of carbonyl (C=O) groups excluding carboxylic acids is 1. The van der Waals surface area contributed by atoms with Crippen molar-refractivity contribution in [3.63, 3.8) is 0 Å². The van der Waals surface area contributed by atoms with Crippen LogP contribution in [0.5, 0.6) is 5.88 Å². The number of ether oxygens (including phenoxy) is 1. The van der Waals surface area contributed by atoms with Gasteiger partial charge in [-0.05, 0) is 54.8 Å². The summed E-state index contributed by atoms with van der Waals surface area (Å²) in [6.45, 7) is 0.249. The zero-order valence-corrected chi connectivity index (χ0v) is 25.1. The third-order valence-electron chi connectivity index (χ3n) is 10.0. The summed E-state index contributed by atoms with van der Waals surface area (Å²) in [4.78, 5) is 28.8. The molecule has 4 aliphatic rings. The van der Waals surface area contributed by atoms with Gasteiger partial charge in [0, 0.05) is 28.2 Å². The number of rotatable bonds is 3. The molecule has 226 valence electrons. The molecule has 11 heteroatoms. The fraction of sp³-hybridized carbons (Fsp3) is 0.364. The van der Waals surface area contributed by atoms with Crippen molar-refractivity contribution in [2.45, 2.75) is 68.1 Å². The lowest BCUT2D eigenvalue weighted by molar-refractivity contribution is -0.130.